The second kappa shape index (κ2) is 9.88. The lowest BCUT2D eigenvalue weighted by Crippen LogP contribution is -2.38. The van der Waals surface area contributed by atoms with E-state index < -0.39 is 0 Å². The number of amides is 2. The van der Waals surface area contributed by atoms with Crippen molar-refractivity contribution in [3.05, 3.63) is 95.1 Å². The van der Waals surface area contributed by atoms with E-state index >= 15 is 0 Å². The molecule has 2 N–H and O–H groups in total. The highest BCUT2D eigenvalue weighted by molar-refractivity contribution is 6.17. The molecule has 2 atom stereocenters. The van der Waals surface area contributed by atoms with E-state index in [1.807, 2.05) is 0 Å². The number of benzene rings is 3. The maximum absolute atomic E-state index is 12.6. The van der Waals surface area contributed by atoms with Crippen molar-refractivity contribution in [1.82, 2.24) is 5.32 Å². The van der Waals surface area contributed by atoms with E-state index in [4.69, 9.17) is 11.6 Å². The Morgan fingerprint density at radius 3 is 1.94 bits per heavy atom. The van der Waals surface area contributed by atoms with Gasteiger partial charge >= 0.3 is 6.03 Å². The standard InChI is InChI=1S/C28H30ClN3O/c29-14-7-15-30-28(33)31-22-18-25-23(20-8-3-1-4-9-20)12-16-32-17-13-24(26(19-22)27(25)32)21-10-5-2-6-11-21/h1-6,8-11,18-19,23-24H,7,12-17H2,(H2,30,31,33). The molecule has 0 fully saturated rings. The summed E-state index contributed by atoms with van der Waals surface area (Å²) < 4.78 is 0. The van der Waals surface area contributed by atoms with Gasteiger partial charge < -0.3 is 15.5 Å². The fourth-order valence-corrected chi connectivity index (χ4v) is 5.51. The number of hydrogen-bond donors (Lipinski definition) is 2. The van der Waals surface area contributed by atoms with Crippen LogP contribution in [0.3, 0.4) is 0 Å². The molecule has 2 amide bonds. The summed E-state index contributed by atoms with van der Waals surface area (Å²) in [5.41, 5.74) is 7.54. The summed E-state index contributed by atoms with van der Waals surface area (Å²) >= 11 is 5.76. The average molecular weight is 460 g/mol. The van der Waals surface area contributed by atoms with E-state index in [1.54, 1.807) is 0 Å². The van der Waals surface area contributed by atoms with E-state index in [0.717, 1.165) is 38.0 Å². The van der Waals surface area contributed by atoms with Crippen LogP contribution in [-0.4, -0.2) is 31.5 Å². The van der Waals surface area contributed by atoms with Gasteiger partial charge in [-0.1, -0.05) is 60.7 Å². The monoisotopic (exact) mass is 459 g/mol. The SMILES string of the molecule is O=C(NCCCCl)Nc1cc2c3c(c1)C(c1ccccc1)CCN3CCC2c1ccccc1. The van der Waals surface area contributed by atoms with Crippen molar-refractivity contribution in [2.24, 2.45) is 0 Å². The summed E-state index contributed by atoms with van der Waals surface area (Å²) in [6, 6.07) is 25.7. The first-order valence-corrected chi connectivity index (χ1v) is 12.4. The van der Waals surface area contributed by atoms with Gasteiger partial charge in [-0.15, -0.1) is 11.6 Å². The largest absolute Gasteiger partial charge is 0.371 e. The second-order valence-electron chi connectivity index (χ2n) is 8.92. The van der Waals surface area contributed by atoms with E-state index in [0.29, 0.717) is 24.3 Å². The van der Waals surface area contributed by atoms with Crippen LogP contribution in [0.25, 0.3) is 0 Å². The van der Waals surface area contributed by atoms with Crippen molar-refractivity contribution in [3.63, 3.8) is 0 Å². The molecule has 0 aliphatic carbocycles. The van der Waals surface area contributed by atoms with Crippen molar-refractivity contribution in [2.75, 3.05) is 35.7 Å². The number of rotatable bonds is 6. The first kappa shape index (κ1) is 21.8. The van der Waals surface area contributed by atoms with E-state index in [2.05, 4.69) is 88.3 Å². The number of alkyl halides is 1. The Morgan fingerprint density at radius 1 is 0.879 bits per heavy atom. The van der Waals surface area contributed by atoms with Gasteiger partial charge in [0.05, 0.1) is 0 Å². The van der Waals surface area contributed by atoms with Crippen LogP contribution < -0.4 is 15.5 Å². The van der Waals surface area contributed by atoms with Crippen LogP contribution in [0.15, 0.2) is 72.8 Å². The fourth-order valence-electron chi connectivity index (χ4n) is 5.37. The molecule has 0 saturated carbocycles. The van der Waals surface area contributed by atoms with Crippen LogP contribution in [0.1, 0.15) is 53.4 Å². The van der Waals surface area contributed by atoms with Crippen LogP contribution in [0.2, 0.25) is 0 Å². The van der Waals surface area contributed by atoms with Gasteiger partial charge in [-0.25, -0.2) is 4.79 Å². The molecular formula is C28H30ClN3O. The van der Waals surface area contributed by atoms with Crippen LogP contribution in [-0.2, 0) is 0 Å². The maximum atomic E-state index is 12.6. The van der Waals surface area contributed by atoms with Crippen LogP contribution >= 0.6 is 11.6 Å². The highest BCUT2D eigenvalue weighted by Gasteiger charge is 2.35. The van der Waals surface area contributed by atoms with E-state index in [1.165, 1.54) is 27.9 Å². The minimum atomic E-state index is -0.178. The normalized spacial score (nSPS) is 19.0. The van der Waals surface area contributed by atoms with Gasteiger partial charge in [-0.2, -0.15) is 0 Å². The van der Waals surface area contributed by atoms with Gasteiger partial charge in [0, 0.05) is 48.7 Å². The van der Waals surface area contributed by atoms with E-state index in [-0.39, 0.29) is 6.03 Å². The minimum absolute atomic E-state index is 0.178. The molecule has 4 nitrogen and oxygen atoms in total. The predicted molar refractivity (Wildman–Crippen MR) is 137 cm³/mol. The number of carbonyl (C=O) groups is 1. The third-order valence-corrected chi connectivity index (χ3v) is 7.14. The lowest BCUT2D eigenvalue weighted by molar-refractivity contribution is 0.252. The molecule has 0 spiro atoms. The molecule has 2 heterocycles. The van der Waals surface area contributed by atoms with Crippen LogP contribution in [0.4, 0.5) is 16.2 Å². The first-order valence-electron chi connectivity index (χ1n) is 11.9. The number of carbonyl (C=O) groups excluding carboxylic acids is 1. The third kappa shape index (κ3) is 4.58. The summed E-state index contributed by atoms with van der Waals surface area (Å²) in [5, 5.41) is 6.01. The van der Waals surface area contributed by atoms with Gasteiger partial charge in [0.2, 0.25) is 0 Å². The lowest BCUT2D eigenvalue weighted by atomic mass is 9.76. The summed E-state index contributed by atoms with van der Waals surface area (Å²) in [6.07, 6.45) is 2.92. The Morgan fingerprint density at radius 2 is 1.42 bits per heavy atom. The molecular weight excluding hydrogens is 430 g/mol. The predicted octanol–water partition coefficient (Wildman–Crippen LogP) is 6.31. The highest BCUT2D eigenvalue weighted by atomic mass is 35.5. The smallest absolute Gasteiger partial charge is 0.319 e. The van der Waals surface area contributed by atoms with Crippen LogP contribution in [0.5, 0.6) is 0 Å². The Hall–Kier alpha value is -2.98. The highest BCUT2D eigenvalue weighted by Crippen LogP contribution is 2.49. The van der Waals surface area contributed by atoms with Gasteiger partial charge in [-0.3, -0.25) is 0 Å². The molecule has 0 saturated heterocycles. The van der Waals surface area contributed by atoms with E-state index in [9.17, 15) is 4.79 Å². The molecule has 0 aromatic heterocycles. The Bertz CT molecular complexity index is 1030. The van der Waals surface area contributed by atoms with Crippen molar-refractivity contribution < 1.29 is 4.79 Å². The van der Waals surface area contributed by atoms with Crippen molar-refractivity contribution in [1.29, 1.82) is 0 Å². The molecule has 5 heteroatoms. The molecule has 33 heavy (non-hydrogen) atoms. The first-order chi connectivity index (χ1) is 16.2. The zero-order chi connectivity index (χ0) is 22.6. The number of nitrogens with zero attached hydrogens (tertiary/aromatic N) is 1. The molecule has 2 aliphatic heterocycles. The Labute approximate surface area is 201 Å². The maximum Gasteiger partial charge on any atom is 0.319 e. The molecule has 3 aromatic rings. The summed E-state index contributed by atoms with van der Waals surface area (Å²) in [4.78, 5) is 15.1. The second-order valence-corrected chi connectivity index (χ2v) is 9.30. The number of urea groups is 1. The van der Waals surface area contributed by atoms with Gasteiger partial charge in [0.15, 0.2) is 0 Å². The molecule has 0 radical (unpaired) electrons. The molecule has 2 unspecified atom stereocenters. The zero-order valence-electron chi connectivity index (χ0n) is 18.8. The minimum Gasteiger partial charge on any atom is -0.371 e. The zero-order valence-corrected chi connectivity index (χ0v) is 19.5. The Balaban J connectivity index is 1.58. The molecule has 5 rings (SSSR count). The van der Waals surface area contributed by atoms with Crippen molar-refractivity contribution in [2.45, 2.75) is 31.1 Å². The summed E-state index contributed by atoms with van der Waals surface area (Å²) in [6.45, 7) is 2.69. The summed E-state index contributed by atoms with van der Waals surface area (Å²) in [7, 11) is 0. The topological polar surface area (TPSA) is 44.4 Å². The van der Waals surface area contributed by atoms with Crippen LogP contribution in [0, 0.1) is 0 Å². The van der Waals surface area contributed by atoms with Crippen molar-refractivity contribution >= 4 is 29.0 Å². The van der Waals surface area contributed by atoms with Gasteiger partial charge in [0.1, 0.15) is 0 Å². The number of nitrogens with one attached hydrogen (secondary N) is 2. The fraction of sp³-hybridized carbons (Fsp3) is 0.321. The average Bonchev–Trinajstić information content (AvgIpc) is 2.85. The number of hydrogen-bond acceptors (Lipinski definition) is 2. The molecule has 170 valence electrons. The van der Waals surface area contributed by atoms with Crippen molar-refractivity contribution in [3.8, 4) is 0 Å². The third-order valence-electron chi connectivity index (χ3n) is 6.87. The lowest BCUT2D eigenvalue weighted by Gasteiger charge is -2.43. The molecule has 2 aliphatic rings. The quantitative estimate of drug-likeness (QED) is 0.335. The summed E-state index contributed by atoms with van der Waals surface area (Å²) in [5.74, 6) is 1.19. The Kier molecular flexibility index (Phi) is 6.54. The van der Waals surface area contributed by atoms with Gasteiger partial charge in [-0.05, 0) is 53.6 Å². The number of anilines is 2. The number of halogens is 1. The molecule has 3 aromatic carbocycles. The molecule has 0 bridgehead atoms. The van der Waals surface area contributed by atoms with Gasteiger partial charge in [0.25, 0.3) is 0 Å².